The van der Waals surface area contributed by atoms with Crippen molar-refractivity contribution in [3.8, 4) is 0 Å². The largest absolute Gasteiger partial charge is 0.479 e. The van der Waals surface area contributed by atoms with Crippen molar-refractivity contribution in [3.05, 3.63) is 24.0 Å². The second kappa shape index (κ2) is 5.96. The first-order valence-electron chi connectivity index (χ1n) is 7.44. The first-order valence-corrected chi connectivity index (χ1v) is 7.44. The number of aliphatic carboxylic acids is 1. The Balaban J connectivity index is 1.85. The van der Waals surface area contributed by atoms with Gasteiger partial charge >= 0.3 is 5.97 Å². The van der Waals surface area contributed by atoms with Gasteiger partial charge in [0.05, 0.1) is 24.9 Å². The molecule has 0 aliphatic carbocycles. The number of amides is 1. The molecule has 1 amide bonds. The summed E-state index contributed by atoms with van der Waals surface area (Å²) in [4.78, 5) is 29.4. The van der Waals surface area contributed by atoms with Gasteiger partial charge in [-0.2, -0.15) is 5.10 Å². The number of hydrogen-bond acceptors (Lipinski definition) is 5. The molecule has 23 heavy (non-hydrogen) atoms. The van der Waals surface area contributed by atoms with Crippen molar-refractivity contribution in [2.24, 2.45) is 0 Å². The molecule has 1 aliphatic heterocycles. The van der Waals surface area contributed by atoms with Gasteiger partial charge in [0.15, 0.2) is 11.8 Å². The zero-order chi connectivity index (χ0) is 16.6. The molecule has 0 bridgehead atoms. The monoisotopic (exact) mass is 318 g/mol. The maximum Gasteiger partial charge on any atom is 0.334 e. The van der Waals surface area contributed by atoms with Gasteiger partial charge in [-0.05, 0) is 19.9 Å². The molecule has 1 atom stereocenters. The van der Waals surface area contributed by atoms with Crippen LogP contribution in [0.4, 0.5) is 0 Å². The predicted molar refractivity (Wildman–Crippen MR) is 81.2 cm³/mol. The number of ether oxygens (including phenoxy) is 1. The topological polar surface area (TPSA) is 97.6 Å². The molecule has 0 saturated carbocycles. The molecule has 0 spiro atoms. The number of morpholine rings is 1. The Labute approximate surface area is 132 Å². The first kappa shape index (κ1) is 15.4. The van der Waals surface area contributed by atoms with Crippen LogP contribution in [-0.4, -0.2) is 62.4 Å². The molecule has 8 nitrogen and oxygen atoms in total. The third kappa shape index (κ3) is 2.89. The summed E-state index contributed by atoms with van der Waals surface area (Å²) in [6.45, 7) is 4.63. The molecule has 1 unspecified atom stereocenters. The van der Waals surface area contributed by atoms with Crippen LogP contribution in [0.2, 0.25) is 0 Å². The van der Waals surface area contributed by atoms with Crippen LogP contribution in [0.25, 0.3) is 11.0 Å². The van der Waals surface area contributed by atoms with Crippen LogP contribution >= 0.6 is 0 Å². The molecule has 1 fully saturated rings. The van der Waals surface area contributed by atoms with Crippen molar-refractivity contribution in [2.75, 3.05) is 19.7 Å². The molecule has 1 aliphatic rings. The Hall–Kier alpha value is -2.48. The van der Waals surface area contributed by atoms with E-state index in [-0.39, 0.29) is 25.1 Å². The van der Waals surface area contributed by atoms with E-state index in [1.807, 2.05) is 13.8 Å². The van der Waals surface area contributed by atoms with Gasteiger partial charge in [0.25, 0.3) is 5.91 Å². The van der Waals surface area contributed by atoms with E-state index in [1.54, 1.807) is 16.9 Å². The van der Waals surface area contributed by atoms with E-state index < -0.39 is 12.1 Å². The standard InChI is InChI=1S/C15H18N4O4/c1-9(2)19-13-10(7-17-19)5-11(6-16-13)14(20)18-3-4-23-12(8-18)15(21)22/h5-7,9,12H,3-4,8H2,1-2H3,(H,21,22). The number of carboxylic acid groups (broad SMARTS) is 1. The highest BCUT2D eigenvalue weighted by atomic mass is 16.5. The molecule has 122 valence electrons. The fourth-order valence-electron chi connectivity index (χ4n) is 2.60. The van der Waals surface area contributed by atoms with Crippen molar-refractivity contribution in [3.63, 3.8) is 0 Å². The summed E-state index contributed by atoms with van der Waals surface area (Å²) in [7, 11) is 0. The van der Waals surface area contributed by atoms with Gasteiger partial charge in [0, 0.05) is 24.2 Å². The Bertz CT molecular complexity index is 755. The van der Waals surface area contributed by atoms with Crippen LogP contribution in [-0.2, 0) is 9.53 Å². The minimum atomic E-state index is -1.06. The van der Waals surface area contributed by atoms with E-state index in [9.17, 15) is 9.59 Å². The molecule has 0 radical (unpaired) electrons. The van der Waals surface area contributed by atoms with Crippen LogP contribution in [0.15, 0.2) is 18.5 Å². The fraction of sp³-hybridized carbons (Fsp3) is 0.467. The smallest absolute Gasteiger partial charge is 0.334 e. The highest BCUT2D eigenvalue weighted by Crippen LogP contribution is 2.18. The van der Waals surface area contributed by atoms with Gasteiger partial charge in [-0.3, -0.25) is 4.79 Å². The van der Waals surface area contributed by atoms with E-state index in [1.165, 1.54) is 11.1 Å². The number of carbonyl (C=O) groups is 2. The van der Waals surface area contributed by atoms with Gasteiger partial charge in [-0.1, -0.05) is 0 Å². The number of carboxylic acids is 1. The number of carbonyl (C=O) groups excluding carboxylic acids is 1. The van der Waals surface area contributed by atoms with Crippen molar-refractivity contribution in [2.45, 2.75) is 26.0 Å². The Kier molecular flexibility index (Phi) is 3.99. The van der Waals surface area contributed by atoms with E-state index in [0.29, 0.717) is 12.1 Å². The predicted octanol–water partition coefficient (Wildman–Crippen LogP) is 0.938. The second-order valence-electron chi connectivity index (χ2n) is 5.77. The van der Waals surface area contributed by atoms with Crippen molar-refractivity contribution in [1.29, 1.82) is 0 Å². The number of nitrogens with zero attached hydrogens (tertiary/aromatic N) is 4. The van der Waals surface area contributed by atoms with Gasteiger partial charge in [-0.15, -0.1) is 0 Å². The Morgan fingerprint density at radius 3 is 2.87 bits per heavy atom. The number of fused-ring (bicyclic) bond motifs is 1. The third-order valence-corrected chi connectivity index (χ3v) is 3.80. The lowest BCUT2D eigenvalue weighted by molar-refractivity contribution is -0.154. The van der Waals surface area contributed by atoms with E-state index >= 15 is 0 Å². The average Bonchev–Trinajstić information content (AvgIpc) is 2.97. The molecule has 8 heteroatoms. The maximum absolute atomic E-state index is 12.6. The molecule has 1 N–H and O–H groups in total. The van der Waals surface area contributed by atoms with Crippen molar-refractivity contribution < 1.29 is 19.4 Å². The lowest BCUT2D eigenvalue weighted by Gasteiger charge is -2.30. The van der Waals surface area contributed by atoms with Crippen LogP contribution in [0.1, 0.15) is 30.2 Å². The minimum absolute atomic E-state index is 0.0391. The summed E-state index contributed by atoms with van der Waals surface area (Å²) in [5, 5.41) is 14.1. The summed E-state index contributed by atoms with van der Waals surface area (Å²) < 4.78 is 6.92. The van der Waals surface area contributed by atoms with Crippen LogP contribution < -0.4 is 0 Å². The molecular formula is C15H18N4O4. The lowest BCUT2D eigenvalue weighted by atomic mass is 10.2. The number of pyridine rings is 1. The maximum atomic E-state index is 12.6. The zero-order valence-electron chi connectivity index (χ0n) is 13.0. The number of hydrogen-bond donors (Lipinski definition) is 1. The van der Waals surface area contributed by atoms with E-state index in [2.05, 4.69) is 10.1 Å². The fourth-order valence-corrected chi connectivity index (χ4v) is 2.60. The molecule has 3 rings (SSSR count). The van der Waals surface area contributed by atoms with E-state index in [0.717, 1.165) is 11.0 Å². The Morgan fingerprint density at radius 1 is 1.39 bits per heavy atom. The highest BCUT2D eigenvalue weighted by Gasteiger charge is 2.29. The molecule has 2 aromatic heterocycles. The lowest BCUT2D eigenvalue weighted by Crippen LogP contribution is -2.48. The van der Waals surface area contributed by atoms with E-state index in [4.69, 9.17) is 9.84 Å². The van der Waals surface area contributed by atoms with Gasteiger partial charge < -0.3 is 14.7 Å². The van der Waals surface area contributed by atoms with Crippen molar-refractivity contribution in [1.82, 2.24) is 19.7 Å². The minimum Gasteiger partial charge on any atom is -0.479 e. The van der Waals surface area contributed by atoms with Gasteiger partial charge in [0.2, 0.25) is 0 Å². The summed E-state index contributed by atoms with van der Waals surface area (Å²) in [6, 6.07) is 1.92. The van der Waals surface area contributed by atoms with Crippen LogP contribution in [0, 0.1) is 0 Å². The molecule has 3 heterocycles. The van der Waals surface area contributed by atoms with Gasteiger partial charge in [-0.25, -0.2) is 14.5 Å². The summed E-state index contributed by atoms with van der Waals surface area (Å²) >= 11 is 0. The molecule has 0 aromatic carbocycles. The molecule has 2 aromatic rings. The average molecular weight is 318 g/mol. The second-order valence-corrected chi connectivity index (χ2v) is 5.77. The van der Waals surface area contributed by atoms with Gasteiger partial charge in [0.1, 0.15) is 0 Å². The zero-order valence-corrected chi connectivity index (χ0v) is 13.0. The number of rotatable bonds is 3. The Morgan fingerprint density at radius 2 is 2.17 bits per heavy atom. The summed E-state index contributed by atoms with van der Waals surface area (Å²) in [5.41, 5.74) is 1.15. The molecule has 1 saturated heterocycles. The first-order chi connectivity index (χ1) is 11.0. The van der Waals surface area contributed by atoms with Crippen LogP contribution in [0.5, 0.6) is 0 Å². The SMILES string of the molecule is CC(C)n1ncc2cc(C(=O)N3CCOC(C(=O)O)C3)cnc21. The van der Waals surface area contributed by atoms with Crippen molar-refractivity contribution >= 4 is 22.9 Å². The summed E-state index contributed by atoms with van der Waals surface area (Å²) in [6.07, 6.45) is 2.21. The van der Waals surface area contributed by atoms with Crippen LogP contribution in [0.3, 0.4) is 0 Å². The number of aromatic nitrogens is 3. The quantitative estimate of drug-likeness (QED) is 0.904. The normalized spacial score (nSPS) is 18.6. The molecular weight excluding hydrogens is 300 g/mol. The third-order valence-electron chi connectivity index (χ3n) is 3.80. The summed E-state index contributed by atoms with van der Waals surface area (Å²) in [5.74, 6) is -1.31. The highest BCUT2D eigenvalue weighted by molar-refractivity contribution is 5.97.